The van der Waals surface area contributed by atoms with Crippen molar-refractivity contribution in [2.45, 2.75) is 17.9 Å². The minimum Gasteiger partial charge on any atom is -0.382 e. The van der Waals surface area contributed by atoms with Gasteiger partial charge in [0.05, 0.1) is 24.2 Å². The Morgan fingerprint density at radius 2 is 1.80 bits per heavy atom. The molecule has 20 heavy (non-hydrogen) atoms. The molecule has 1 aromatic carbocycles. The summed E-state index contributed by atoms with van der Waals surface area (Å²) < 4.78 is 29.9. The van der Waals surface area contributed by atoms with Gasteiger partial charge in [-0.2, -0.15) is 5.48 Å². The van der Waals surface area contributed by atoms with Crippen molar-refractivity contribution in [3.05, 3.63) is 29.8 Å². The molecule has 6 nitrogen and oxygen atoms in total. The quantitative estimate of drug-likeness (QED) is 0.576. The molecule has 0 aliphatic carbocycles. The fourth-order valence-corrected chi connectivity index (χ4v) is 2.42. The normalized spacial score (nSPS) is 13.7. The minimum absolute atomic E-state index is 0.0389. The van der Waals surface area contributed by atoms with E-state index in [9.17, 15) is 8.42 Å². The molecule has 1 atom stereocenters. The van der Waals surface area contributed by atoms with Crippen molar-refractivity contribution in [2.24, 2.45) is 0 Å². The monoisotopic (exact) mass is 302 g/mol. The molecule has 0 radical (unpaired) electrons. The Morgan fingerprint density at radius 1 is 1.20 bits per heavy atom. The van der Waals surface area contributed by atoms with Crippen LogP contribution < -0.4 is 5.48 Å². The first-order chi connectivity index (χ1) is 9.39. The van der Waals surface area contributed by atoms with E-state index in [0.29, 0.717) is 13.2 Å². The van der Waals surface area contributed by atoms with Crippen LogP contribution in [0.4, 0.5) is 0 Å². The van der Waals surface area contributed by atoms with Crippen molar-refractivity contribution < 1.29 is 18.0 Å². The average molecular weight is 302 g/mol. The zero-order valence-electron chi connectivity index (χ0n) is 12.3. The van der Waals surface area contributed by atoms with Crippen LogP contribution in [0.5, 0.6) is 0 Å². The van der Waals surface area contributed by atoms with Crippen LogP contribution in [0.2, 0.25) is 0 Å². The van der Waals surface area contributed by atoms with Gasteiger partial charge in [-0.05, 0) is 24.6 Å². The van der Waals surface area contributed by atoms with E-state index in [-0.39, 0.29) is 10.9 Å². The lowest BCUT2D eigenvalue weighted by molar-refractivity contribution is -0.00925. The van der Waals surface area contributed by atoms with E-state index in [0.717, 1.165) is 5.56 Å². The van der Waals surface area contributed by atoms with Gasteiger partial charge in [-0.1, -0.05) is 12.1 Å². The molecule has 114 valence electrons. The molecule has 1 N–H and O–H groups in total. The first-order valence-corrected chi connectivity index (χ1v) is 7.72. The van der Waals surface area contributed by atoms with Gasteiger partial charge < -0.3 is 4.74 Å². The lowest BCUT2D eigenvalue weighted by atomic mass is 10.1. The van der Waals surface area contributed by atoms with Crippen LogP contribution in [-0.4, -0.2) is 47.1 Å². The van der Waals surface area contributed by atoms with E-state index >= 15 is 0 Å². The number of ether oxygens (including phenoxy) is 1. The van der Waals surface area contributed by atoms with Crippen LogP contribution in [0, 0.1) is 0 Å². The van der Waals surface area contributed by atoms with Crippen LogP contribution >= 0.6 is 0 Å². The van der Waals surface area contributed by atoms with Gasteiger partial charge in [-0.3, -0.25) is 4.84 Å². The Hall–Kier alpha value is -0.990. The van der Waals surface area contributed by atoms with Gasteiger partial charge in [-0.25, -0.2) is 12.7 Å². The van der Waals surface area contributed by atoms with E-state index in [4.69, 9.17) is 9.57 Å². The second-order valence-corrected chi connectivity index (χ2v) is 6.69. The van der Waals surface area contributed by atoms with Crippen molar-refractivity contribution in [3.63, 3.8) is 0 Å². The number of rotatable bonds is 8. The zero-order chi connectivity index (χ0) is 15.2. The highest BCUT2D eigenvalue weighted by Gasteiger charge is 2.17. The molecule has 0 bridgehead atoms. The molecule has 7 heteroatoms. The molecule has 0 saturated heterocycles. The molecule has 0 spiro atoms. The second-order valence-electron chi connectivity index (χ2n) is 4.54. The van der Waals surface area contributed by atoms with Gasteiger partial charge in [0.25, 0.3) is 0 Å². The van der Waals surface area contributed by atoms with E-state index in [1.165, 1.54) is 18.4 Å². The Bertz CT molecular complexity index is 500. The number of sulfonamides is 1. The van der Waals surface area contributed by atoms with Crippen LogP contribution in [-0.2, 0) is 19.6 Å². The highest BCUT2D eigenvalue weighted by molar-refractivity contribution is 7.89. The molecule has 0 aliphatic rings. The first kappa shape index (κ1) is 17.1. The summed E-state index contributed by atoms with van der Waals surface area (Å²) in [5.41, 5.74) is 3.82. The largest absolute Gasteiger partial charge is 0.382 e. The first-order valence-electron chi connectivity index (χ1n) is 6.28. The van der Waals surface area contributed by atoms with Crippen molar-refractivity contribution in [2.75, 3.05) is 34.4 Å². The van der Waals surface area contributed by atoms with E-state index in [1.54, 1.807) is 31.4 Å². The number of benzene rings is 1. The van der Waals surface area contributed by atoms with Crippen LogP contribution in [0.1, 0.15) is 18.5 Å². The van der Waals surface area contributed by atoms with Crippen molar-refractivity contribution in [3.8, 4) is 0 Å². The third kappa shape index (κ3) is 4.53. The summed E-state index contributed by atoms with van der Waals surface area (Å²) >= 11 is 0. The lowest BCUT2D eigenvalue weighted by Crippen LogP contribution is -2.23. The molecule has 0 saturated carbocycles. The Morgan fingerprint density at radius 3 is 2.30 bits per heavy atom. The lowest BCUT2D eigenvalue weighted by Gasteiger charge is -2.15. The molecule has 1 unspecified atom stereocenters. The smallest absolute Gasteiger partial charge is 0.242 e. The maximum atomic E-state index is 11.9. The van der Waals surface area contributed by atoms with Gasteiger partial charge in [0.15, 0.2) is 0 Å². The van der Waals surface area contributed by atoms with Gasteiger partial charge in [-0.15, -0.1) is 0 Å². The minimum atomic E-state index is -3.38. The second kappa shape index (κ2) is 7.70. The van der Waals surface area contributed by atoms with Crippen molar-refractivity contribution >= 4 is 10.0 Å². The number of methoxy groups -OCH3 is 1. The van der Waals surface area contributed by atoms with E-state index < -0.39 is 10.0 Å². The topological polar surface area (TPSA) is 67.9 Å². The Balaban J connectivity index is 2.67. The standard InChI is InChI=1S/C13H22N2O4S/c1-11(14-19-10-9-18-4)12-5-7-13(8-6-12)20(16,17)15(2)3/h5-8,11,14H,9-10H2,1-4H3. The summed E-state index contributed by atoms with van der Waals surface area (Å²) in [6.45, 7) is 2.90. The fraction of sp³-hybridized carbons (Fsp3) is 0.538. The molecule has 0 aliphatic heterocycles. The molecule has 0 fully saturated rings. The number of hydrogen-bond acceptors (Lipinski definition) is 5. The predicted octanol–water partition coefficient (Wildman–Crippen LogP) is 1.17. The summed E-state index contributed by atoms with van der Waals surface area (Å²) in [6, 6.07) is 6.69. The number of hydroxylamine groups is 1. The summed E-state index contributed by atoms with van der Waals surface area (Å²) in [5.74, 6) is 0. The molecule has 1 rings (SSSR count). The summed E-state index contributed by atoms with van der Waals surface area (Å²) in [6.07, 6.45) is 0. The van der Waals surface area contributed by atoms with Crippen LogP contribution in [0.3, 0.4) is 0 Å². The summed E-state index contributed by atoms with van der Waals surface area (Å²) in [7, 11) is 1.25. The zero-order valence-corrected chi connectivity index (χ0v) is 13.1. The maximum Gasteiger partial charge on any atom is 0.242 e. The predicted molar refractivity (Wildman–Crippen MR) is 76.7 cm³/mol. The number of hydrogen-bond donors (Lipinski definition) is 1. The van der Waals surface area contributed by atoms with Gasteiger partial charge in [0.2, 0.25) is 10.0 Å². The van der Waals surface area contributed by atoms with Gasteiger partial charge >= 0.3 is 0 Å². The molecule has 0 amide bonds. The average Bonchev–Trinajstić information content (AvgIpc) is 2.43. The third-order valence-electron chi connectivity index (χ3n) is 2.81. The van der Waals surface area contributed by atoms with Crippen molar-refractivity contribution in [1.29, 1.82) is 0 Å². The number of nitrogens with one attached hydrogen (secondary N) is 1. The number of nitrogens with zero attached hydrogens (tertiary/aromatic N) is 1. The van der Waals surface area contributed by atoms with E-state index in [2.05, 4.69) is 5.48 Å². The van der Waals surface area contributed by atoms with E-state index in [1.807, 2.05) is 6.92 Å². The molecule has 1 aromatic rings. The fourth-order valence-electron chi connectivity index (χ4n) is 1.52. The SMILES string of the molecule is COCCONC(C)c1ccc(S(=O)(=O)N(C)C)cc1. The van der Waals surface area contributed by atoms with Crippen LogP contribution in [0.25, 0.3) is 0 Å². The van der Waals surface area contributed by atoms with Crippen molar-refractivity contribution in [1.82, 2.24) is 9.79 Å². The van der Waals surface area contributed by atoms with Gasteiger partial charge in [0, 0.05) is 21.2 Å². The third-order valence-corrected chi connectivity index (χ3v) is 4.64. The summed E-state index contributed by atoms with van der Waals surface area (Å²) in [4.78, 5) is 5.50. The molecule has 0 heterocycles. The molecular formula is C13H22N2O4S. The summed E-state index contributed by atoms with van der Waals surface area (Å²) in [5, 5.41) is 0. The Kier molecular flexibility index (Phi) is 6.57. The maximum absolute atomic E-state index is 11.9. The van der Waals surface area contributed by atoms with Gasteiger partial charge in [0.1, 0.15) is 0 Å². The Labute approximate surface area is 120 Å². The molecule has 0 aromatic heterocycles. The highest BCUT2D eigenvalue weighted by Crippen LogP contribution is 2.18. The molecular weight excluding hydrogens is 280 g/mol. The highest BCUT2D eigenvalue weighted by atomic mass is 32.2. The van der Waals surface area contributed by atoms with Crippen LogP contribution in [0.15, 0.2) is 29.2 Å².